The van der Waals surface area contributed by atoms with Gasteiger partial charge >= 0.3 is 0 Å². The van der Waals surface area contributed by atoms with Gasteiger partial charge in [-0.3, -0.25) is 14.9 Å². The molecule has 0 radical (unpaired) electrons. The molecule has 2 heterocycles. The maximum atomic E-state index is 12.5. The Morgan fingerprint density at radius 3 is 2.67 bits per heavy atom. The van der Waals surface area contributed by atoms with Crippen molar-refractivity contribution in [3.63, 3.8) is 0 Å². The normalized spacial score (nSPS) is 13.1. The van der Waals surface area contributed by atoms with E-state index in [1.165, 1.54) is 35.6 Å². The van der Waals surface area contributed by atoms with Crippen LogP contribution in [-0.4, -0.2) is 22.2 Å². The van der Waals surface area contributed by atoms with Gasteiger partial charge in [0.25, 0.3) is 11.6 Å². The number of non-ortho nitro benzene ring substituents is 1. The van der Waals surface area contributed by atoms with E-state index < -0.39 is 10.8 Å². The number of hydrogen-bond acceptors (Lipinski definition) is 6. The predicted octanol–water partition coefficient (Wildman–Crippen LogP) is 3.27. The van der Waals surface area contributed by atoms with Crippen molar-refractivity contribution in [2.75, 3.05) is 6.79 Å². The average Bonchev–Trinajstić information content (AvgIpc) is 3.24. The van der Waals surface area contributed by atoms with Crippen LogP contribution in [0.4, 0.5) is 5.69 Å². The number of benzene rings is 2. The van der Waals surface area contributed by atoms with Gasteiger partial charge in [-0.25, -0.2) is 0 Å². The number of ether oxygens (including phenoxy) is 2. The number of carbonyl (C=O) groups excluding carboxylic acids is 1. The van der Waals surface area contributed by atoms with Gasteiger partial charge in [-0.2, -0.15) is 4.99 Å². The van der Waals surface area contributed by atoms with E-state index in [0.29, 0.717) is 22.8 Å². The maximum Gasteiger partial charge on any atom is 0.279 e. The molecule has 0 N–H and O–H groups in total. The molecule has 0 fully saturated rings. The third-order valence-corrected chi connectivity index (χ3v) is 5.05. The van der Waals surface area contributed by atoms with Crippen molar-refractivity contribution in [2.45, 2.75) is 6.54 Å². The molecule has 136 valence electrons. The molecule has 0 atom stereocenters. The molecule has 0 unspecified atom stereocenters. The molecular formula is C18H13N3O5S. The topological polar surface area (TPSA) is 96.0 Å². The van der Waals surface area contributed by atoms with Gasteiger partial charge < -0.3 is 14.0 Å². The van der Waals surface area contributed by atoms with Crippen molar-refractivity contribution >= 4 is 33.1 Å². The number of allylic oxidation sites excluding steroid dienone is 1. The molecule has 2 aromatic carbocycles. The smallest absolute Gasteiger partial charge is 0.279 e. The van der Waals surface area contributed by atoms with Crippen LogP contribution in [0.5, 0.6) is 11.5 Å². The number of nitro groups is 1. The van der Waals surface area contributed by atoms with E-state index in [1.807, 2.05) is 16.7 Å². The first kappa shape index (κ1) is 17.0. The third kappa shape index (κ3) is 3.08. The largest absolute Gasteiger partial charge is 0.454 e. The highest BCUT2D eigenvalue weighted by Gasteiger charge is 2.18. The molecule has 3 aromatic rings. The lowest BCUT2D eigenvalue weighted by Crippen LogP contribution is -2.16. The fraction of sp³-hybridized carbons (Fsp3) is 0.111. The van der Waals surface area contributed by atoms with Crippen LogP contribution in [0.3, 0.4) is 0 Å². The first-order chi connectivity index (χ1) is 13.1. The van der Waals surface area contributed by atoms with Crippen LogP contribution < -0.4 is 14.3 Å². The second kappa shape index (κ2) is 6.69. The van der Waals surface area contributed by atoms with Crippen LogP contribution in [0.2, 0.25) is 0 Å². The van der Waals surface area contributed by atoms with E-state index in [4.69, 9.17) is 9.47 Å². The van der Waals surface area contributed by atoms with Gasteiger partial charge in [0.05, 0.1) is 15.1 Å². The molecule has 0 spiro atoms. The summed E-state index contributed by atoms with van der Waals surface area (Å²) in [5.74, 6) is 0.823. The van der Waals surface area contributed by atoms with Crippen molar-refractivity contribution in [3.05, 3.63) is 69.5 Å². The second-order valence-electron chi connectivity index (χ2n) is 5.68. The Kier molecular flexibility index (Phi) is 4.21. The number of carbonyl (C=O) groups is 1. The maximum absolute atomic E-state index is 12.5. The molecule has 0 saturated heterocycles. The third-order valence-electron chi connectivity index (χ3n) is 4.01. The molecule has 0 saturated carbocycles. The average molecular weight is 383 g/mol. The summed E-state index contributed by atoms with van der Waals surface area (Å²) in [5.41, 5.74) is 1.06. The van der Waals surface area contributed by atoms with Gasteiger partial charge in [0.2, 0.25) is 6.79 Å². The van der Waals surface area contributed by atoms with Crippen molar-refractivity contribution in [1.82, 2.24) is 4.57 Å². The Morgan fingerprint density at radius 1 is 1.30 bits per heavy atom. The quantitative estimate of drug-likeness (QED) is 0.391. The zero-order chi connectivity index (χ0) is 19.0. The molecule has 4 rings (SSSR count). The first-order valence-electron chi connectivity index (χ1n) is 7.94. The van der Waals surface area contributed by atoms with Gasteiger partial charge in [0, 0.05) is 36.4 Å². The minimum absolute atomic E-state index is 0.0790. The highest BCUT2D eigenvalue weighted by Crippen LogP contribution is 2.37. The van der Waals surface area contributed by atoms with E-state index in [1.54, 1.807) is 6.08 Å². The Morgan fingerprint density at radius 2 is 2.00 bits per heavy atom. The highest BCUT2D eigenvalue weighted by molar-refractivity contribution is 7.16. The number of fused-ring (bicyclic) bond motifs is 2. The molecule has 9 heteroatoms. The summed E-state index contributed by atoms with van der Waals surface area (Å²) in [4.78, 5) is 27.4. The number of hydrogen-bond donors (Lipinski definition) is 0. The van der Waals surface area contributed by atoms with E-state index in [9.17, 15) is 14.9 Å². The van der Waals surface area contributed by atoms with Gasteiger partial charge in [-0.1, -0.05) is 17.4 Å². The van der Waals surface area contributed by atoms with Crippen LogP contribution in [0, 0.1) is 10.1 Å². The van der Waals surface area contributed by atoms with E-state index >= 15 is 0 Å². The molecular weight excluding hydrogens is 370 g/mol. The zero-order valence-corrected chi connectivity index (χ0v) is 14.8. The van der Waals surface area contributed by atoms with Gasteiger partial charge in [0.15, 0.2) is 16.3 Å². The van der Waals surface area contributed by atoms with Crippen LogP contribution in [0.1, 0.15) is 10.4 Å². The first-order valence-corrected chi connectivity index (χ1v) is 8.76. The molecule has 27 heavy (non-hydrogen) atoms. The molecule has 0 bridgehead atoms. The summed E-state index contributed by atoms with van der Waals surface area (Å²) in [6, 6.07) is 9.07. The number of amides is 1. The van der Waals surface area contributed by atoms with E-state index in [0.717, 1.165) is 10.2 Å². The predicted molar refractivity (Wildman–Crippen MR) is 99.1 cm³/mol. The number of nitrogens with zero attached hydrogens (tertiary/aromatic N) is 3. The SMILES string of the molecule is C=CCn1c(=NC(=O)c2ccc([N+](=O)[O-])cc2)sc2cc3c(cc21)OCO3. The molecule has 1 aliphatic rings. The zero-order valence-electron chi connectivity index (χ0n) is 14.0. The fourth-order valence-corrected chi connectivity index (χ4v) is 3.78. The molecule has 8 nitrogen and oxygen atoms in total. The Hall–Kier alpha value is -3.46. The van der Waals surface area contributed by atoms with Gasteiger partial charge in [0.1, 0.15) is 0 Å². The van der Waals surface area contributed by atoms with Crippen molar-refractivity contribution in [1.29, 1.82) is 0 Å². The van der Waals surface area contributed by atoms with Gasteiger partial charge in [-0.05, 0) is 12.1 Å². The lowest BCUT2D eigenvalue weighted by molar-refractivity contribution is -0.384. The van der Waals surface area contributed by atoms with E-state index in [2.05, 4.69) is 11.6 Å². The monoisotopic (exact) mass is 383 g/mol. The Labute approximate surface area is 156 Å². The van der Waals surface area contributed by atoms with Crippen LogP contribution in [-0.2, 0) is 6.54 Å². The molecule has 1 aliphatic heterocycles. The highest BCUT2D eigenvalue weighted by atomic mass is 32.1. The van der Waals surface area contributed by atoms with Crippen molar-refractivity contribution < 1.29 is 19.2 Å². The van der Waals surface area contributed by atoms with Crippen molar-refractivity contribution in [2.24, 2.45) is 4.99 Å². The van der Waals surface area contributed by atoms with Gasteiger partial charge in [-0.15, -0.1) is 6.58 Å². The second-order valence-corrected chi connectivity index (χ2v) is 6.69. The Bertz CT molecular complexity index is 1140. The summed E-state index contributed by atoms with van der Waals surface area (Å²) in [6.07, 6.45) is 1.71. The summed E-state index contributed by atoms with van der Waals surface area (Å²) < 4.78 is 13.6. The standard InChI is InChI=1S/C18H13N3O5S/c1-2-7-20-13-8-14-15(26-10-25-14)9-16(13)27-18(20)19-17(22)11-3-5-12(6-4-11)21(23)24/h2-6,8-9H,1,7,10H2. The lowest BCUT2D eigenvalue weighted by atomic mass is 10.2. The summed E-state index contributed by atoms with van der Waals surface area (Å²) in [6.45, 7) is 4.41. The molecule has 1 aromatic heterocycles. The van der Waals surface area contributed by atoms with Crippen LogP contribution >= 0.6 is 11.3 Å². The lowest BCUT2D eigenvalue weighted by Gasteiger charge is -2.02. The number of rotatable bonds is 4. The number of thiazole rings is 1. The summed E-state index contributed by atoms with van der Waals surface area (Å²) in [7, 11) is 0. The molecule has 0 aliphatic carbocycles. The fourth-order valence-electron chi connectivity index (χ4n) is 2.73. The Balaban J connectivity index is 1.79. The minimum atomic E-state index is -0.515. The summed E-state index contributed by atoms with van der Waals surface area (Å²) >= 11 is 1.34. The number of nitro benzene ring substituents is 1. The van der Waals surface area contributed by atoms with E-state index in [-0.39, 0.29) is 18.0 Å². The number of aromatic nitrogens is 1. The van der Waals surface area contributed by atoms with Crippen LogP contribution in [0.25, 0.3) is 10.2 Å². The van der Waals surface area contributed by atoms with Crippen LogP contribution in [0.15, 0.2) is 54.0 Å². The molecule has 1 amide bonds. The summed E-state index contributed by atoms with van der Waals surface area (Å²) in [5, 5.41) is 10.7. The van der Waals surface area contributed by atoms with Crippen molar-refractivity contribution in [3.8, 4) is 11.5 Å². The minimum Gasteiger partial charge on any atom is -0.454 e.